The lowest BCUT2D eigenvalue weighted by Crippen LogP contribution is -1.99. The number of benzene rings is 2. The second-order valence-corrected chi connectivity index (χ2v) is 5.19. The van der Waals surface area contributed by atoms with Crippen LogP contribution in [0.15, 0.2) is 42.5 Å². The number of hydrogen-bond acceptors (Lipinski definition) is 0. The van der Waals surface area contributed by atoms with Gasteiger partial charge in [0.1, 0.15) is 5.82 Å². The van der Waals surface area contributed by atoms with Gasteiger partial charge < -0.3 is 0 Å². The minimum absolute atomic E-state index is 0.119. The fourth-order valence-corrected chi connectivity index (χ4v) is 2.49. The summed E-state index contributed by atoms with van der Waals surface area (Å²) >= 11 is 6.45. The average Bonchev–Trinajstić information content (AvgIpc) is 2.32. The Morgan fingerprint density at radius 1 is 1.11 bits per heavy atom. The van der Waals surface area contributed by atoms with E-state index in [1.165, 1.54) is 17.2 Å². The molecule has 0 aliphatic heterocycles. The zero-order valence-electron chi connectivity index (χ0n) is 10.6. The molecule has 0 amide bonds. The van der Waals surface area contributed by atoms with Gasteiger partial charge in [-0.1, -0.05) is 35.9 Å². The van der Waals surface area contributed by atoms with E-state index in [2.05, 4.69) is 32.0 Å². The van der Waals surface area contributed by atoms with Crippen LogP contribution in [0.1, 0.15) is 27.6 Å². The van der Waals surface area contributed by atoms with Gasteiger partial charge in [-0.3, -0.25) is 0 Å². The molecule has 2 heteroatoms. The van der Waals surface area contributed by atoms with Crippen molar-refractivity contribution in [2.45, 2.75) is 25.6 Å². The number of halogens is 2. The third-order valence-electron chi connectivity index (χ3n) is 3.08. The molecule has 0 bridgehead atoms. The summed E-state index contributed by atoms with van der Waals surface area (Å²) in [6.45, 7) is 4.10. The molecule has 0 radical (unpaired) electrons. The monoisotopic (exact) mass is 262 g/mol. The summed E-state index contributed by atoms with van der Waals surface area (Å²) in [7, 11) is 0. The molecule has 2 aromatic rings. The molecule has 94 valence electrons. The topological polar surface area (TPSA) is 0 Å². The van der Waals surface area contributed by atoms with Crippen molar-refractivity contribution in [3.63, 3.8) is 0 Å². The lowest BCUT2D eigenvalue weighted by atomic mass is 9.98. The molecular formula is C16H16ClF. The summed E-state index contributed by atoms with van der Waals surface area (Å²) in [4.78, 5) is 0. The van der Waals surface area contributed by atoms with Crippen LogP contribution in [0.3, 0.4) is 0 Å². The van der Waals surface area contributed by atoms with Crippen molar-refractivity contribution in [2.24, 2.45) is 0 Å². The highest BCUT2D eigenvalue weighted by Crippen LogP contribution is 2.28. The highest BCUT2D eigenvalue weighted by molar-refractivity contribution is 6.21. The van der Waals surface area contributed by atoms with Gasteiger partial charge in [-0.2, -0.15) is 0 Å². The molecule has 0 saturated carbocycles. The minimum atomic E-state index is -0.211. The Hall–Kier alpha value is -1.34. The Morgan fingerprint density at radius 3 is 2.61 bits per heavy atom. The number of alkyl halides is 1. The van der Waals surface area contributed by atoms with Gasteiger partial charge in [0.05, 0.1) is 5.38 Å². The van der Waals surface area contributed by atoms with E-state index in [1.54, 1.807) is 12.1 Å². The first kappa shape index (κ1) is 13.1. The Kier molecular flexibility index (Phi) is 4.03. The molecule has 0 fully saturated rings. The number of aryl methyl sites for hydroxylation is 2. The van der Waals surface area contributed by atoms with Crippen LogP contribution >= 0.6 is 11.6 Å². The Morgan fingerprint density at radius 2 is 1.89 bits per heavy atom. The predicted molar refractivity (Wildman–Crippen MR) is 74.6 cm³/mol. The molecule has 0 heterocycles. The number of rotatable bonds is 3. The van der Waals surface area contributed by atoms with Gasteiger partial charge in [-0.15, -0.1) is 11.6 Å². The van der Waals surface area contributed by atoms with E-state index in [-0.39, 0.29) is 11.2 Å². The van der Waals surface area contributed by atoms with Gasteiger partial charge in [-0.05, 0) is 49.1 Å². The fraction of sp³-hybridized carbons (Fsp3) is 0.250. The molecule has 0 aliphatic rings. The van der Waals surface area contributed by atoms with Gasteiger partial charge in [0, 0.05) is 0 Å². The molecule has 0 saturated heterocycles. The molecule has 2 rings (SSSR count). The first-order valence-electron chi connectivity index (χ1n) is 6.02. The first-order chi connectivity index (χ1) is 8.56. The first-order valence-corrected chi connectivity index (χ1v) is 6.45. The second kappa shape index (κ2) is 5.53. The van der Waals surface area contributed by atoms with Gasteiger partial charge in [0.15, 0.2) is 0 Å². The van der Waals surface area contributed by atoms with E-state index in [4.69, 9.17) is 11.6 Å². The molecule has 0 spiro atoms. The quantitative estimate of drug-likeness (QED) is 0.686. The van der Waals surface area contributed by atoms with E-state index >= 15 is 0 Å². The van der Waals surface area contributed by atoms with E-state index in [0.29, 0.717) is 6.42 Å². The van der Waals surface area contributed by atoms with Crippen molar-refractivity contribution < 1.29 is 4.39 Å². The molecule has 2 aromatic carbocycles. The molecule has 1 atom stereocenters. The van der Waals surface area contributed by atoms with Crippen LogP contribution in [0, 0.1) is 19.7 Å². The highest BCUT2D eigenvalue weighted by atomic mass is 35.5. The fourth-order valence-electron chi connectivity index (χ4n) is 2.08. The van der Waals surface area contributed by atoms with Crippen LogP contribution in [0.4, 0.5) is 4.39 Å². The van der Waals surface area contributed by atoms with Crippen LogP contribution in [0.5, 0.6) is 0 Å². The Labute approximate surface area is 112 Å². The van der Waals surface area contributed by atoms with Crippen molar-refractivity contribution in [3.05, 3.63) is 70.5 Å². The molecule has 0 N–H and O–H groups in total. The zero-order chi connectivity index (χ0) is 13.1. The molecule has 0 aromatic heterocycles. The SMILES string of the molecule is Cc1ccc(C)c(C(Cl)Cc2cccc(F)c2)c1. The van der Waals surface area contributed by atoms with Gasteiger partial charge in [-0.25, -0.2) is 4.39 Å². The molecule has 0 nitrogen and oxygen atoms in total. The second-order valence-electron chi connectivity index (χ2n) is 4.66. The molecule has 1 unspecified atom stereocenters. The summed E-state index contributed by atoms with van der Waals surface area (Å²) in [5.74, 6) is -0.211. The molecule has 0 aliphatic carbocycles. The van der Waals surface area contributed by atoms with Crippen LogP contribution in [-0.2, 0) is 6.42 Å². The maximum absolute atomic E-state index is 13.1. The number of hydrogen-bond donors (Lipinski definition) is 0. The molecule has 18 heavy (non-hydrogen) atoms. The summed E-state index contributed by atoms with van der Waals surface area (Å²) in [5.41, 5.74) is 4.43. The summed E-state index contributed by atoms with van der Waals surface area (Å²) in [6.07, 6.45) is 0.642. The predicted octanol–water partition coefficient (Wildman–Crippen LogP) is 4.97. The third-order valence-corrected chi connectivity index (χ3v) is 3.47. The minimum Gasteiger partial charge on any atom is -0.207 e. The van der Waals surface area contributed by atoms with E-state index in [0.717, 1.165) is 11.1 Å². The highest BCUT2D eigenvalue weighted by Gasteiger charge is 2.12. The Bertz CT molecular complexity index is 549. The van der Waals surface area contributed by atoms with Gasteiger partial charge in [0.2, 0.25) is 0 Å². The standard InChI is InChI=1S/C16H16ClF/c1-11-6-7-12(2)15(8-11)16(17)10-13-4-3-5-14(18)9-13/h3-9,16H,10H2,1-2H3. The largest absolute Gasteiger partial charge is 0.207 e. The summed E-state index contributed by atoms with van der Waals surface area (Å²) in [5, 5.41) is -0.119. The van der Waals surface area contributed by atoms with E-state index < -0.39 is 0 Å². The average molecular weight is 263 g/mol. The van der Waals surface area contributed by atoms with Crippen LogP contribution in [0.2, 0.25) is 0 Å². The van der Waals surface area contributed by atoms with Crippen molar-refractivity contribution in [2.75, 3.05) is 0 Å². The maximum Gasteiger partial charge on any atom is 0.123 e. The lowest BCUT2D eigenvalue weighted by molar-refractivity contribution is 0.625. The zero-order valence-corrected chi connectivity index (χ0v) is 11.3. The van der Waals surface area contributed by atoms with Crippen LogP contribution < -0.4 is 0 Å². The third kappa shape index (κ3) is 3.11. The van der Waals surface area contributed by atoms with Crippen LogP contribution in [-0.4, -0.2) is 0 Å². The van der Waals surface area contributed by atoms with Crippen LogP contribution in [0.25, 0.3) is 0 Å². The maximum atomic E-state index is 13.1. The lowest BCUT2D eigenvalue weighted by Gasteiger charge is -2.14. The van der Waals surface area contributed by atoms with Crippen molar-refractivity contribution in [1.29, 1.82) is 0 Å². The van der Waals surface area contributed by atoms with Gasteiger partial charge >= 0.3 is 0 Å². The smallest absolute Gasteiger partial charge is 0.123 e. The van der Waals surface area contributed by atoms with Crippen molar-refractivity contribution in [1.82, 2.24) is 0 Å². The Balaban J connectivity index is 2.21. The summed E-state index contributed by atoms with van der Waals surface area (Å²) in [6, 6.07) is 12.9. The van der Waals surface area contributed by atoms with Crippen molar-refractivity contribution in [3.8, 4) is 0 Å². The van der Waals surface area contributed by atoms with E-state index in [9.17, 15) is 4.39 Å². The van der Waals surface area contributed by atoms with E-state index in [1.807, 2.05) is 6.07 Å². The van der Waals surface area contributed by atoms with Crippen molar-refractivity contribution >= 4 is 11.6 Å². The van der Waals surface area contributed by atoms with Gasteiger partial charge in [0.25, 0.3) is 0 Å². The molecular weight excluding hydrogens is 247 g/mol. The summed E-state index contributed by atoms with van der Waals surface area (Å²) < 4.78 is 13.1. The normalized spacial score (nSPS) is 12.4.